The Hall–Kier alpha value is -3.14. The monoisotopic (exact) mass is 374 g/mol. The van der Waals surface area contributed by atoms with Crippen molar-refractivity contribution in [2.75, 3.05) is 30.0 Å². The molecule has 4 heteroatoms. The Morgan fingerprint density at radius 3 is 1.86 bits per heavy atom. The molecule has 4 rings (SSSR count). The first-order valence-electron chi connectivity index (χ1n) is 9.61. The lowest BCUT2D eigenvalue weighted by atomic mass is 10.1. The number of aromatic hydroxyl groups is 1. The first-order chi connectivity index (χ1) is 13.6. The lowest BCUT2D eigenvalue weighted by Gasteiger charge is -2.34. The summed E-state index contributed by atoms with van der Waals surface area (Å²) in [6, 6.07) is 22.5. The number of hydrogen-bond acceptors (Lipinski definition) is 4. The van der Waals surface area contributed by atoms with Crippen LogP contribution in [0.25, 0.3) is 0 Å². The van der Waals surface area contributed by atoms with Crippen LogP contribution in [0.15, 0.2) is 66.7 Å². The van der Waals surface area contributed by atoms with E-state index in [4.69, 9.17) is 4.74 Å². The largest absolute Gasteiger partial charge is 0.507 e. The van der Waals surface area contributed by atoms with E-state index in [0.29, 0.717) is 5.75 Å². The van der Waals surface area contributed by atoms with Crippen molar-refractivity contribution in [3.05, 3.63) is 83.4 Å². The van der Waals surface area contributed by atoms with Gasteiger partial charge in [-0.25, -0.2) is 0 Å². The molecular formula is C24H26N2O2. The van der Waals surface area contributed by atoms with E-state index in [1.807, 2.05) is 12.1 Å². The molecule has 0 aliphatic carbocycles. The molecule has 3 aromatic rings. The quantitative estimate of drug-likeness (QED) is 0.694. The second kappa shape index (κ2) is 7.47. The molecule has 0 unspecified atom stereocenters. The van der Waals surface area contributed by atoms with Crippen molar-refractivity contribution in [1.82, 2.24) is 0 Å². The highest BCUT2D eigenvalue weighted by molar-refractivity contribution is 5.63. The van der Waals surface area contributed by atoms with Gasteiger partial charge in [0.1, 0.15) is 17.7 Å². The van der Waals surface area contributed by atoms with Gasteiger partial charge in [-0.3, -0.25) is 0 Å². The number of nitrogens with zero attached hydrogens (tertiary/aromatic N) is 2. The fourth-order valence-electron chi connectivity index (χ4n) is 4.06. The number of ether oxygens (including phenoxy) is 1. The van der Waals surface area contributed by atoms with E-state index in [2.05, 4.69) is 72.2 Å². The Bertz CT molecular complexity index is 932. The van der Waals surface area contributed by atoms with Gasteiger partial charge in [0.25, 0.3) is 0 Å². The summed E-state index contributed by atoms with van der Waals surface area (Å²) in [7, 11) is 1.65. The van der Waals surface area contributed by atoms with Crippen LogP contribution in [0.3, 0.4) is 0 Å². The number of aryl methyl sites for hydroxylation is 2. The zero-order valence-corrected chi connectivity index (χ0v) is 16.6. The summed E-state index contributed by atoms with van der Waals surface area (Å²) in [5, 5.41) is 10.8. The van der Waals surface area contributed by atoms with Crippen molar-refractivity contribution in [2.45, 2.75) is 20.0 Å². The summed E-state index contributed by atoms with van der Waals surface area (Å²) in [4.78, 5) is 4.68. The minimum absolute atomic E-state index is 0.153. The smallest absolute Gasteiger partial charge is 0.135 e. The molecule has 0 amide bonds. The molecule has 1 aliphatic rings. The van der Waals surface area contributed by atoms with Gasteiger partial charge < -0.3 is 19.6 Å². The van der Waals surface area contributed by atoms with E-state index in [9.17, 15) is 5.11 Å². The first-order valence-corrected chi connectivity index (χ1v) is 9.61. The predicted octanol–water partition coefficient (Wildman–Crippen LogP) is 5.04. The van der Waals surface area contributed by atoms with Crippen molar-refractivity contribution in [3.8, 4) is 11.5 Å². The van der Waals surface area contributed by atoms with Crippen LogP contribution in [0.5, 0.6) is 11.5 Å². The van der Waals surface area contributed by atoms with Crippen molar-refractivity contribution in [3.63, 3.8) is 0 Å². The molecule has 0 aromatic heterocycles. The molecule has 0 saturated carbocycles. The number of phenolic OH excluding ortho intramolecular Hbond substituents is 1. The molecule has 1 saturated heterocycles. The normalized spacial score (nSPS) is 14.5. The molecule has 0 spiro atoms. The Morgan fingerprint density at radius 1 is 0.821 bits per heavy atom. The number of benzene rings is 3. The van der Waals surface area contributed by atoms with E-state index in [1.165, 1.54) is 11.1 Å². The zero-order chi connectivity index (χ0) is 19.7. The van der Waals surface area contributed by atoms with Crippen molar-refractivity contribution < 1.29 is 9.84 Å². The molecular weight excluding hydrogens is 348 g/mol. The molecule has 1 fully saturated rings. The Labute approximate surface area is 166 Å². The summed E-state index contributed by atoms with van der Waals surface area (Å²) >= 11 is 0. The maximum Gasteiger partial charge on any atom is 0.135 e. The average molecular weight is 374 g/mol. The van der Waals surface area contributed by atoms with Crippen LogP contribution < -0.4 is 14.5 Å². The summed E-state index contributed by atoms with van der Waals surface area (Å²) in [6.45, 7) is 5.93. The highest BCUT2D eigenvalue weighted by Gasteiger charge is 2.37. The van der Waals surface area contributed by atoms with Gasteiger partial charge in [0.15, 0.2) is 0 Å². The Kier molecular flexibility index (Phi) is 4.86. The molecule has 4 nitrogen and oxygen atoms in total. The van der Waals surface area contributed by atoms with Gasteiger partial charge in [-0.15, -0.1) is 0 Å². The van der Waals surface area contributed by atoms with Gasteiger partial charge in [-0.05, 0) is 61.4 Å². The second-order valence-corrected chi connectivity index (χ2v) is 7.33. The zero-order valence-electron chi connectivity index (χ0n) is 16.6. The van der Waals surface area contributed by atoms with Gasteiger partial charge in [0.2, 0.25) is 0 Å². The molecule has 0 bridgehead atoms. The number of hydrogen-bond donors (Lipinski definition) is 1. The van der Waals surface area contributed by atoms with Crippen molar-refractivity contribution in [2.24, 2.45) is 0 Å². The maximum atomic E-state index is 10.8. The van der Waals surface area contributed by atoms with Gasteiger partial charge >= 0.3 is 0 Å². The summed E-state index contributed by atoms with van der Waals surface area (Å²) in [5.41, 5.74) is 5.52. The third-order valence-corrected chi connectivity index (χ3v) is 5.36. The minimum Gasteiger partial charge on any atom is -0.507 e. The predicted molar refractivity (Wildman–Crippen MR) is 114 cm³/mol. The van der Waals surface area contributed by atoms with Crippen LogP contribution in [0.2, 0.25) is 0 Å². The standard InChI is InChI=1S/C24H26N2O2/c1-17-7-4-9-19(15-17)25-13-14-26(20-10-5-8-18(2)16-20)24(25)23-21(27)11-6-12-22(23)28-3/h4-12,15-16,24,27H,13-14H2,1-3H3. The molecule has 1 N–H and O–H groups in total. The first kappa shape index (κ1) is 18.2. The topological polar surface area (TPSA) is 35.9 Å². The van der Waals surface area contributed by atoms with E-state index in [0.717, 1.165) is 30.0 Å². The molecule has 0 radical (unpaired) electrons. The van der Waals surface area contributed by atoms with E-state index in [-0.39, 0.29) is 11.9 Å². The fraction of sp³-hybridized carbons (Fsp3) is 0.250. The van der Waals surface area contributed by atoms with Gasteiger partial charge in [-0.2, -0.15) is 0 Å². The number of methoxy groups -OCH3 is 1. The van der Waals surface area contributed by atoms with E-state index >= 15 is 0 Å². The highest BCUT2D eigenvalue weighted by Crippen LogP contribution is 2.44. The van der Waals surface area contributed by atoms with Crippen LogP contribution in [0.1, 0.15) is 22.9 Å². The molecule has 3 aromatic carbocycles. The SMILES string of the molecule is COc1cccc(O)c1C1N(c2cccc(C)c2)CCN1c1cccc(C)c1. The van der Waals surface area contributed by atoms with Crippen LogP contribution >= 0.6 is 0 Å². The fourth-order valence-corrected chi connectivity index (χ4v) is 4.06. The van der Waals surface area contributed by atoms with Crippen molar-refractivity contribution >= 4 is 11.4 Å². The molecule has 28 heavy (non-hydrogen) atoms. The Balaban J connectivity index is 1.87. The van der Waals surface area contributed by atoms with Gasteiger partial charge in [-0.1, -0.05) is 30.3 Å². The van der Waals surface area contributed by atoms with Crippen LogP contribution in [0.4, 0.5) is 11.4 Å². The van der Waals surface area contributed by atoms with Gasteiger partial charge in [0.05, 0.1) is 12.7 Å². The minimum atomic E-state index is -0.153. The van der Waals surface area contributed by atoms with Crippen LogP contribution in [-0.4, -0.2) is 25.3 Å². The third kappa shape index (κ3) is 3.26. The van der Waals surface area contributed by atoms with Crippen LogP contribution in [-0.2, 0) is 0 Å². The highest BCUT2D eigenvalue weighted by atomic mass is 16.5. The molecule has 0 atom stereocenters. The molecule has 1 heterocycles. The summed E-state index contributed by atoms with van der Waals surface area (Å²) in [6.07, 6.45) is -0.153. The molecule has 1 aliphatic heterocycles. The average Bonchev–Trinajstić information content (AvgIpc) is 3.12. The second-order valence-electron chi connectivity index (χ2n) is 7.33. The maximum absolute atomic E-state index is 10.8. The molecule has 144 valence electrons. The van der Waals surface area contributed by atoms with E-state index in [1.54, 1.807) is 13.2 Å². The van der Waals surface area contributed by atoms with E-state index < -0.39 is 0 Å². The number of phenols is 1. The lowest BCUT2D eigenvalue weighted by molar-refractivity contribution is 0.393. The third-order valence-electron chi connectivity index (χ3n) is 5.36. The summed E-state index contributed by atoms with van der Waals surface area (Å²) < 4.78 is 5.64. The summed E-state index contributed by atoms with van der Waals surface area (Å²) in [5.74, 6) is 0.948. The number of rotatable bonds is 4. The number of anilines is 2. The Morgan fingerprint density at radius 2 is 1.36 bits per heavy atom. The lowest BCUT2D eigenvalue weighted by Crippen LogP contribution is -2.31. The van der Waals surface area contributed by atoms with Gasteiger partial charge in [0, 0.05) is 24.5 Å². The van der Waals surface area contributed by atoms with Crippen LogP contribution in [0, 0.1) is 13.8 Å². The van der Waals surface area contributed by atoms with Crippen molar-refractivity contribution in [1.29, 1.82) is 0 Å².